The minimum atomic E-state index is -4.84. The van der Waals surface area contributed by atoms with Crippen LogP contribution in [0.1, 0.15) is 28.7 Å². The van der Waals surface area contributed by atoms with E-state index in [4.69, 9.17) is 32.8 Å². The van der Waals surface area contributed by atoms with Crippen molar-refractivity contribution in [3.8, 4) is 0 Å². The molecule has 1 atom stereocenters. The van der Waals surface area contributed by atoms with Crippen molar-refractivity contribution in [1.29, 1.82) is 0 Å². The molecule has 0 unspecified atom stereocenters. The molecule has 0 saturated carbocycles. The second kappa shape index (κ2) is 6.56. The third kappa shape index (κ3) is 2.77. The summed E-state index contributed by atoms with van der Waals surface area (Å²) < 4.78 is 62.0. The highest BCUT2D eigenvalue weighted by molar-refractivity contribution is 6.35. The number of oxime groups is 1. The molecule has 3 aliphatic heterocycles. The van der Waals surface area contributed by atoms with E-state index in [1.807, 2.05) is 6.07 Å². The molecule has 2 aromatic rings. The lowest BCUT2D eigenvalue weighted by atomic mass is 9.84. The highest BCUT2D eigenvalue weighted by atomic mass is 35.5. The largest absolute Gasteiger partial charge is 0.435 e. The van der Waals surface area contributed by atoms with Crippen LogP contribution in [0.25, 0.3) is 0 Å². The number of fused-ring (bicyclic) bond motifs is 2. The Hall–Kier alpha value is -1.87. The summed E-state index contributed by atoms with van der Waals surface area (Å²) >= 11 is 11.5. The third-order valence-electron chi connectivity index (χ3n) is 5.89. The Bertz CT molecular complexity index is 1060. The Morgan fingerprint density at radius 3 is 2.37 bits per heavy atom. The maximum Gasteiger partial charge on any atom is 0.435 e. The zero-order chi connectivity index (χ0) is 21.3. The second-order valence-electron chi connectivity index (χ2n) is 7.64. The number of ether oxygens (including phenoxy) is 1. The molecule has 1 spiro atoms. The number of hydrogen-bond acceptors (Lipinski definition) is 4. The molecule has 4 nitrogen and oxygen atoms in total. The van der Waals surface area contributed by atoms with Gasteiger partial charge >= 0.3 is 6.18 Å². The standard InChI is InChI=1S/C20H14Cl2F4N2O2/c21-14-4-12(5-15(22)17(14)23)19(20(24,25)26)6-16(28-30-19)10-1-2-13-11(3-10)7-29-18(13)8-27-9-18/h1-5,27H,6-9H2/t19-/m0/s1. The Balaban J connectivity index is 1.51. The molecule has 1 N–H and O–H groups in total. The molecule has 5 rings (SSSR count). The highest BCUT2D eigenvalue weighted by Crippen LogP contribution is 2.50. The Morgan fingerprint density at radius 2 is 1.77 bits per heavy atom. The van der Waals surface area contributed by atoms with Crippen LogP contribution in [-0.4, -0.2) is 25.0 Å². The van der Waals surface area contributed by atoms with Gasteiger partial charge in [-0.1, -0.05) is 40.5 Å². The van der Waals surface area contributed by atoms with Gasteiger partial charge in [-0.15, -0.1) is 0 Å². The van der Waals surface area contributed by atoms with Gasteiger partial charge in [-0.05, 0) is 34.9 Å². The fraction of sp³-hybridized carbons (Fsp3) is 0.350. The van der Waals surface area contributed by atoms with Gasteiger partial charge in [-0.3, -0.25) is 0 Å². The predicted octanol–water partition coefficient (Wildman–Crippen LogP) is 5.04. The van der Waals surface area contributed by atoms with E-state index < -0.39 is 39.6 Å². The molecule has 3 heterocycles. The molecular formula is C20H14Cl2F4N2O2. The number of benzene rings is 2. The first-order chi connectivity index (χ1) is 14.2. The summed E-state index contributed by atoms with van der Waals surface area (Å²) in [4.78, 5) is 4.98. The first-order valence-electron chi connectivity index (χ1n) is 9.10. The molecule has 158 valence electrons. The van der Waals surface area contributed by atoms with Crippen molar-refractivity contribution in [2.45, 2.75) is 30.4 Å². The Labute approximate surface area is 178 Å². The summed E-state index contributed by atoms with van der Waals surface area (Å²) in [5.41, 5.74) is -0.990. The van der Waals surface area contributed by atoms with Crippen LogP contribution in [0.3, 0.4) is 0 Å². The number of hydrogen-bond donors (Lipinski definition) is 1. The average Bonchev–Trinajstić information content (AvgIpc) is 3.27. The first-order valence-corrected chi connectivity index (χ1v) is 9.86. The molecule has 10 heteroatoms. The van der Waals surface area contributed by atoms with Crippen LogP contribution in [0.15, 0.2) is 35.5 Å². The van der Waals surface area contributed by atoms with Crippen LogP contribution in [0.5, 0.6) is 0 Å². The Kier molecular flexibility index (Phi) is 4.39. The Morgan fingerprint density at radius 1 is 1.07 bits per heavy atom. The summed E-state index contributed by atoms with van der Waals surface area (Å²) in [5, 5.41) is 5.87. The van der Waals surface area contributed by atoms with Crippen molar-refractivity contribution in [1.82, 2.24) is 5.32 Å². The molecule has 0 aromatic heterocycles. The van der Waals surface area contributed by atoms with E-state index in [0.29, 0.717) is 25.3 Å². The SMILES string of the molecule is Fc1c(Cl)cc([C@]2(C(F)(F)F)CC(c3ccc4c(c3)COC43CNC3)=NO2)cc1Cl. The van der Waals surface area contributed by atoms with Gasteiger partial charge in [0, 0.05) is 25.1 Å². The van der Waals surface area contributed by atoms with Crippen LogP contribution in [0.2, 0.25) is 10.0 Å². The zero-order valence-corrected chi connectivity index (χ0v) is 16.8. The van der Waals surface area contributed by atoms with Crippen molar-refractivity contribution in [3.63, 3.8) is 0 Å². The molecule has 0 radical (unpaired) electrons. The molecular weight excluding hydrogens is 447 g/mol. The van der Waals surface area contributed by atoms with E-state index in [1.165, 1.54) is 0 Å². The number of halogens is 6. The van der Waals surface area contributed by atoms with Gasteiger partial charge in [-0.2, -0.15) is 13.2 Å². The molecule has 30 heavy (non-hydrogen) atoms. The molecule has 1 fully saturated rings. The molecule has 1 saturated heterocycles. The third-order valence-corrected chi connectivity index (χ3v) is 6.44. The van der Waals surface area contributed by atoms with Crippen LogP contribution < -0.4 is 5.32 Å². The van der Waals surface area contributed by atoms with E-state index in [-0.39, 0.29) is 11.3 Å². The van der Waals surface area contributed by atoms with Gasteiger partial charge in [0.15, 0.2) is 5.82 Å². The number of nitrogens with zero attached hydrogens (tertiary/aromatic N) is 1. The molecule has 0 amide bonds. The summed E-state index contributed by atoms with van der Waals surface area (Å²) in [6, 6.07) is 7.10. The van der Waals surface area contributed by atoms with Gasteiger partial charge in [0.25, 0.3) is 5.60 Å². The molecule has 3 aliphatic rings. The van der Waals surface area contributed by atoms with Gasteiger partial charge in [-0.25, -0.2) is 4.39 Å². The fourth-order valence-corrected chi connectivity index (χ4v) is 4.61. The molecule has 0 aliphatic carbocycles. The highest BCUT2D eigenvalue weighted by Gasteiger charge is 2.62. The number of rotatable bonds is 2. The van der Waals surface area contributed by atoms with Gasteiger partial charge < -0.3 is 14.9 Å². The second-order valence-corrected chi connectivity index (χ2v) is 8.46. The lowest BCUT2D eigenvalue weighted by Crippen LogP contribution is -2.56. The van der Waals surface area contributed by atoms with Gasteiger partial charge in [0.05, 0.1) is 22.4 Å². The monoisotopic (exact) mass is 460 g/mol. The zero-order valence-electron chi connectivity index (χ0n) is 15.2. The van der Waals surface area contributed by atoms with Gasteiger partial charge in [0.2, 0.25) is 0 Å². The van der Waals surface area contributed by atoms with E-state index in [9.17, 15) is 17.6 Å². The molecule has 0 bridgehead atoms. The molecule has 2 aromatic carbocycles. The summed E-state index contributed by atoms with van der Waals surface area (Å²) in [6.07, 6.45) is -5.44. The lowest BCUT2D eigenvalue weighted by molar-refractivity contribution is -0.275. The summed E-state index contributed by atoms with van der Waals surface area (Å²) in [5.74, 6) is -0.989. The minimum Gasteiger partial charge on any atom is -0.374 e. The van der Waals surface area contributed by atoms with E-state index in [1.54, 1.807) is 12.1 Å². The quantitative estimate of drug-likeness (QED) is 0.504. The van der Waals surface area contributed by atoms with Crippen LogP contribution in [0, 0.1) is 5.82 Å². The van der Waals surface area contributed by atoms with Crippen molar-refractivity contribution in [2.75, 3.05) is 13.1 Å². The van der Waals surface area contributed by atoms with Crippen molar-refractivity contribution < 1.29 is 27.1 Å². The van der Waals surface area contributed by atoms with Crippen molar-refractivity contribution in [2.24, 2.45) is 5.16 Å². The van der Waals surface area contributed by atoms with Crippen molar-refractivity contribution in [3.05, 3.63) is 68.4 Å². The summed E-state index contributed by atoms with van der Waals surface area (Å²) in [7, 11) is 0. The minimum absolute atomic E-state index is 0.124. The van der Waals surface area contributed by atoms with E-state index in [2.05, 4.69) is 10.5 Å². The average molecular weight is 461 g/mol. The normalized spacial score (nSPS) is 24.4. The maximum absolute atomic E-state index is 14.1. The number of nitrogens with one attached hydrogen (secondary N) is 1. The van der Waals surface area contributed by atoms with E-state index in [0.717, 1.165) is 23.3 Å². The topological polar surface area (TPSA) is 42.8 Å². The van der Waals surface area contributed by atoms with Gasteiger partial charge in [0.1, 0.15) is 5.60 Å². The van der Waals surface area contributed by atoms with Crippen LogP contribution >= 0.6 is 23.2 Å². The number of alkyl halides is 3. The smallest absolute Gasteiger partial charge is 0.374 e. The van der Waals surface area contributed by atoms with Crippen molar-refractivity contribution >= 4 is 28.9 Å². The van der Waals surface area contributed by atoms with Crippen LogP contribution in [-0.2, 0) is 27.4 Å². The summed E-state index contributed by atoms with van der Waals surface area (Å²) in [6.45, 7) is 1.78. The lowest BCUT2D eigenvalue weighted by Gasteiger charge is -2.39. The first kappa shape index (κ1) is 20.1. The predicted molar refractivity (Wildman–Crippen MR) is 102 cm³/mol. The maximum atomic E-state index is 14.1. The fourth-order valence-electron chi connectivity index (χ4n) is 4.12. The van der Waals surface area contributed by atoms with Crippen LogP contribution in [0.4, 0.5) is 17.6 Å². The van der Waals surface area contributed by atoms with E-state index >= 15 is 0 Å².